The molecule has 21 heavy (non-hydrogen) atoms. The van der Waals surface area contributed by atoms with Crippen LogP contribution in [0.5, 0.6) is 0 Å². The van der Waals surface area contributed by atoms with Crippen LogP contribution in [0.2, 0.25) is 0 Å². The topological polar surface area (TPSA) is 79.3 Å². The molecule has 0 aliphatic carbocycles. The molecule has 2 aromatic rings. The number of nitrogens with zero attached hydrogens (tertiary/aromatic N) is 1. The van der Waals surface area contributed by atoms with Crippen LogP contribution < -0.4 is 5.32 Å². The predicted octanol–water partition coefficient (Wildman–Crippen LogP) is 2.82. The Labute approximate surface area is 126 Å². The highest BCUT2D eigenvalue weighted by molar-refractivity contribution is 7.09. The lowest BCUT2D eigenvalue weighted by Crippen LogP contribution is -2.33. The Morgan fingerprint density at radius 3 is 2.43 bits per heavy atom. The first-order chi connectivity index (χ1) is 9.99. The van der Waals surface area contributed by atoms with Gasteiger partial charge in [-0.3, -0.25) is 4.79 Å². The van der Waals surface area contributed by atoms with Gasteiger partial charge in [0.05, 0.1) is 5.01 Å². The van der Waals surface area contributed by atoms with Gasteiger partial charge in [-0.25, -0.2) is 9.78 Å². The zero-order chi connectivity index (χ0) is 15.4. The fraction of sp³-hybridized carbons (Fsp3) is 0.267. The molecule has 1 atom stereocenters. The third kappa shape index (κ3) is 3.66. The van der Waals surface area contributed by atoms with Crippen LogP contribution in [0.15, 0.2) is 35.7 Å². The average molecular weight is 304 g/mol. The fourth-order valence-electron chi connectivity index (χ4n) is 1.80. The number of hydrogen-bond donors (Lipinski definition) is 2. The number of nitrogens with one attached hydrogen (secondary N) is 1. The summed E-state index contributed by atoms with van der Waals surface area (Å²) in [6.07, 6.45) is 0. The van der Waals surface area contributed by atoms with Crippen LogP contribution >= 0.6 is 11.3 Å². The van der Waals surface area contributed by atoms with E-state index in [1.54, 1.807) is 35.7 Å². The summed E-state index contributed by atoms with van der Waals surface area (Å²) in [7, 11) is 0. The maximum atomic E-state index is 12.1. The molecule has 0 bridgehead atoms. The number of amides is 1. The summed E-state index contributed by atoms with van der Waals surface area (Å²) in [5.41, 5.74) is 0.781. The number of carbonyl (C=O) groups is 2. The van der Waals surface area contributed by atoms with Gasteiger partial charge in [-0.15, -0.1) is 11.3 Å². The van der Waals surface area contributed by atoms with Crippen LogP contribution in [0, 0.1) is 0 Å². The normalized spacial score (nSPS) is 12.1. The van der Waals surface area contributed by atoms with Crippen molar-refractivity contribution in [1.29, 1.82) is 0 Å². The summed E-state index contributed by atoms with van der Waals surface area (Å²) >= 11 is 1.40. The molecule has 0 aliphatic heterocycles. The molecule has 2 N–H and O–H groups in total. The third-order valence-corrected chi connectivity index (χ3v) is 4.05. The van der Waals surface area contributed by atoms with E-state index in [9.17, 15) is 14.7 Å². The van der Waals surface area contributed by atoms with Crippen molar-refractivity contribution in [2.75, 3.05) is 0 Å². The van der Waals surface area contributed by atoms with Crippen LogP contribution in [0.4, 0.5) is 0 Å². The van der Waals surface area contributed by atoms with E-state index in [0.717, 1.165) is 5.01 Å². The molecule has 0 fully saturated rings. The van der Waals surface area contributed by atoms with Gasteiger partial charge in [0, 0.05) is 11.3 Å². The number of carboxylic acid groups (broad SMARTS) is 1. The van der Waals surface area contributed by atoms with E-state index in [-0.39, 0.29) is 11.6 Å². The summed E-state index contributed by atoms with van der Waals surface area (Å²) in [5.74, 6) is -1.34. The minimum Gasteiger partial charge on any atom is -0.479 e. The van der Waals surface area contributed by atoms with Gasteiger partial charge < -0.3 is 10.4 Å². The van der Waals surface area contributed by atoms with Crippen molar-refractivity contribution in [1.82, 2.24) is 10.3 Å². The number of aromatic nitrogens is 1. The van der Waals surface area contributed by atoms with Crippen molar-refractivity contribution in [3.8, 4) is 0 Å². The number of rotatable bonds is 5. The molecule has 5 nitrogen and oxygen atoms in total. The van der Waals surface area contributed by atoms with Crippen molar-refractivity contribution in [3.63, 3.8) is 0 Å². The minimum atomic E-state index is -1.10. The summed E-state index contributed by atoms with van der Waals surface area (Å²) in [6.45, 7) is 3.98. The van der Waals surface area contributed by atoms with Crippen LogP contribution in [-0.4, -0.2) is 22.0 Å². The second kappa shape index (κ2) is 6.49. The first-order valence-electron chi connectivity index (χ1n) is 6.53. The molecule has 1 unspecified atom stereocenters. The highest BCUT2D eigenvalue weighted by Crippen LogP contribution is 2.20. The number of carbonyl (C=O) groups excluding carboxylic acids is 1. The van der Waals surface area contributed by atoms with E-state index >= 15 is 0 Å². The van der Waals surface area contributed by atoms with Gasteiger partial charge in [0.15, 0.2) is 6.04 Å². The maximum Gasteiger partial charge on any atom is 0.330 e. The lowest BCUT2D eigenvalue weighted by molar-refractivity contribution is -0.139. The van der Waals surface area contributed by atoms with E-state index < -0.39 is 17.9 Å². The van der Waals surface area contributed by atoms with Crippen LogP contribution in [0.25, 0.3) is 0 Å². The van der Waals surface area contributed by atoms with Gasteiger partial charge in [-0.2, -0.15) is 0 Å². The zero-order valence-corrected chi connectivity index (χ0v) is 12.6. The number of hydrogen-bond acceptors (Lipinski definition) is 4. The molecular formula is C15H16N2O3S. The lowest BCUT2D eigenvalue weighted by Gasteiger charge is -2.13. The first kappa shape index (κ1) is 15.2. The van der Waals surface area contributed by atoms with E-state index in [4.69, 9.17) is 0 Å². The molecule has 110 valence electrons. The molecule has 0 radical (unpaired) electrons. The van der Waals surface area contributed by atoms with Gasteiger partial charge in [-0.1, -0.05) is 44.2 Å². The summed E-state index contributed by atoms with van der Waals surface area (Å²) in [5, 5.41) is 14.3. The van der Waals surface area contributed by atoms with Crippen molar-refractivity contribution >= 4 is 23.2 Å². The molecule has 0 saturated carbocycles. The molecule has 1 heterocycles. The summed E-state index contributed by atoms with van der Waals surface area (Å²) in [6, 6.07) is 7.51. The molecule has 0 spiro atoms. The van der Waals surface area contributed by atoms with Crippen molar-refractivity contribution in [2.45, 2.75) is 25.8 Å². The maximum absolute atomic E-state index is 12.1. The van der Waals surface area contributed by atoms with Crippen molar-refractivity contribution in [2.24, 2.45) is 0 Å². The monoisotopic (exact) mass is 304 g/mol. The Bertz CT molecular complexity index is 637. The SMILES string of the molecule is CC(C)c1nc(C(=O)NC(C(=O)O)c2ccccc2)cs1. The highest BCUT2D eigenvalue weighted by Gasteiger charge is 2.23. The van der Waals surface area contributed by atoms with Gasteiger partial charge >= 0.3 is 5.97 Å². The second-order valence-corrected chi connectivity index (χ2v) is 5.77. The molecular weight excluding hydrogens is 288 g/mol. The van der Waals surface area contributed by atoms with Crippen LogP contribution in [-0.2, 0) is 4.79 Å². The van der Waals surface area contributed by atoms with Crippen LogP contribution in [0.3, 0.4) is 0 Å². The fourth-order valence-corrected chi connectivity index (χ4v) is 2.61. The van der Waals surface area contributed by atoms with Crippen LogP contribution in [0.1, 0.15) is 46.9 Å². The largest absolute Gasteiger partial charge is 0.479 e. The zero-order valence-electron chi connectivity index (χ0n) is 11.7. The van der Waals surface area contributed by atoms with Gasteiger partial charge in [-0.05, 0) is 5.56 Å². The summed E-state index contributed by atoms with van der Waals surface area (Å²) < 4.78 is 0. The molecule has 1 aromatic carbocycles. The van der Waals surface area contributed by atoms with E-state index in [2.05, 4.69) is 10.3 Å². The summed E-state index contributed by atoms with van der Waals surface area (Å²) in [4.78, 5) is 27.7. The Kier molecular flexibility index (Phi) is 4.70. The molecule has 2 rings (SSSR count). The molecule has 1 aromatic heterocycles. The minimum absolute atomic E-state index is 0.237. The van der Waals surface area contributed by atoms with Crippen molar-refractivity contribution in [3.05, 3.63) is 52.0 Å². The Morgan fingerprint density at radius 2 is 1.90 bits per heavy atom. The number of carboxylic acids is 1. The standard InChI is InChI=1S/C15H16N2O3S/c1-9(2)14-16-11(8-21-14)13(18)17-12(15(19)20)10-6-4-3-5-7-10/h3-9,12H,1-2H3,(H,17,18)(H,19,20). The average Bonchev–Trinajstić information content (AvgIpc) is 2.95. The Morgan fingerprint density at radius 1 is 1.24 bits per heavy atom. The predicted molar refractivity (Wildman–Crippen MR) is 80.5 cm³/mol. The highest BCUT2D eigenvalue weighted by atomic mass is 32.1. The van der Waals surface area contributed by atoms with Crippen molar-refractivity contribution < 1.29 is 14.7 Å². The molecule has 1 amide bonds. The Balaban J connectivity index is 2.17. The quantitative estimate of drug-likeness (QED) is 0.890. The third-order valence-electron chi connectivity index (χ3n) is 2.90. The van der Waals surface area contributed by atoms with E-state index in [1.165, 1.54) is 11.3 Å². The van der Waals surface area contributed by atoms with Gasteiger partial charge in [0.2, 0.25) is 0 Å². The molecule has 0 saturated heterocycles. The van der Waals surface area contributed by atoms with Gasteiger partial charge in [0.25, 0.3) is 5.91 Å². The number of aliphatic carboxylic acids is 1. The number of thiazole rings is 1. The lowest BCUT2D eigenvalue weighted by atomic mass is 10.1. The van der Waals surface area contributed by atoms with Gasteiger partial charge in [0.1, 0.15) is 5.69 Å². The first-order valence-corrected chi connectivity index (χ1v) is 7.41. The molecule has 0 aliphatic rings. The number of benzene rings is 1. The second-order valence-electron chi connectivity index (χ2n) is 4.88. The van der Waals surface area contributed by atoms with E-state index in [1.807, 2.05) is 13.8 Å². The Hall–Kier alpha value is -2.21. The smallest absolute Gasteiger partial charge is 0.330 e. The molecule has 6 heteroatoms. The van der Waals surface area contributed by atoms with E-state index in [0.29, 0.717) is 5.56 Å².